The van der Waals surface area contributed by atoms with Crippen molar-refractivity contribution in [1.82, 2.24) is 14.9 Å². The van der Waals surface area contributed by atoms with E-state index in [2.05, 4.69) is 23.4 Å². The fourth-order valence-electron chi connectivity index (χ4n) is 2.22. The van der Waals surface area contributed by atoms with Crippen LogP contribution >= 0.6 is 0 Å². The molecule has 0 amide bonds. The fourth-order valence-corrected chi connectivity index (χ4v) is 2.22. The monoisotopic (exact) mass is 223 g/mol. The molecule has 16 heavy (non-hydrogen) atoms. The maximum Gasteiger partial charge on any atom is 0.0947 e. The zero-order chi connectivity index (χ0) is 11.4. The Balaban J connectivity index is 2.06. The van der Waals surface area contributed by atoms with E-state index in [1.54, 1.807) is 0 Å². The number of hydrogen-bond donors (Lipinski definition) is 1. The molecule has 2 unspecified atom stereocenters. The van der Waals surface area contributed by atoms with Crippen LogP contribution in [0.5, 0.6) is 0 Å². The summed E-state index contributed by atoms with van der Waals surface area (Å²) in [5.41, 5.74) is 1.14. The molecule has 1 fully saturated rings. The average Bonchev–Trinajstić information content (AvgIpc) is 2.91. The van der Waals surface area contributed by atoms with Crippen molar-refractivity contribution in [3.05, 3.63) is 18.2 Å². The largest absolute Gasteiger partial charge is 0.381 e. The van der Waals surface area contributed by atoms with Gasteiger partial charge in [0.05, 0.1) is 24.7 Å². The third-order valence-electron chi connectivity index (χ3n) is 3.09. The zero-order valence-electron chi connectivity index (χ0n) is 10.1. The predicted octanol–water partition coefficient (Wildman–Crippen LogP) is 1.50. The van der Waals surface area contributed by atoms with Crippen LogP contribution in [0.2, 0.25) is 0 Å². The number of rotatable bonds is 5. The van der Waals surface area contributed by atoms with Crippen molar-refractivity contribution in [3.63, 3.8) is 0 Å². The average molecular weight is 223 g/mol. The minimum Gasteiger partial charge on any atom is -0.381 e. The van der Waals surface area contributed by atoms with E-state index in [0.29, 0.717) is 12.0 Å². The molecule has 1 aromatic rings. The maximum atomic E-state index is 5.47. The van der Waals surface area contributed by atoms with Crippen LogP contribution in [-0.2, 0) is 11.8 Å². The van der Waals surface area contributed by atoms with Gasteiger partial charge in [0.2, 0.25) is 0 Å². The second-order valence-electron chi connectivity index (χ2n) is 4.52. The van der Waals surface area contributed by atoms with Crippen LogP contribution in [-0.4, -0.2) is 29.3 Å². The molecule has 2 atom stereocenters. The maximum absolute atomic E-state index is 5.47. The first-order valence-electron chi connectivity index (χ1n) is 6.10. The van der Waals surface area contributed by atoms with Gasteiger partial charge >= 0.3 is 0 Å². The second-order valence-corrected chi connectivity index (χ2v) is 4.52. The standard InChI is InChI=1S/C12H21N3O/c1-3-5-13-12(10-4-6-16-8-10)11-7-15(2)9-14-11/h7,9-10,12-13H,3-6,8H2,1-2H3. The number of nitrogens with zero attached hydrogens (tertiary/aromatic N) is 2. The Bertz CT molecular complexity index is 318. The molecule has 4 nitrogen and oxygen atoms in total. The Morgan fingerprint density at radius 3 is 3.12 bits per heavy atom. The van der Waals surface area contributed by atoms with Crippen molar-refractivity contribution in [2.45, 2.75) is 25.8 Å². The van der Waals surface area contributed by atoms with Gasteiger partial charge in [0, 0.05) is 25.8 Å². The Morgan fingerprint density at radius 2 is 2.56 bits per heavy atom. The van der Waals surface area contributed by atoms with Crippen LogP contribution in [0.4, 0.5) is 0 Å². The number of aryl methyl sites for hydroxylation is 1. The molecule has 4 heteroatoms. The first kappa shape index (κ1) is 11.6. The van der Waals surface area contributed by atoms with Gasteiger partial charge in [-0.15, -0.1) is 0 Å². The van der Waals surface area contributed by atoms with Gasteiger partial charge in [-0.1, -0.05) is 6.92 Å². The van der Waals surface area contributed by atoms with E-state index < -0.39 is 0 Å². The molecule has 1 aliphatic heterocycles. The van der Waals surface area contributed by atoms with E-state index in [4.69, 9.17) is 4.74 Å². The number of aromatic nitrogens is 2. The summed E-state index contributed by atoms with van der Waals surface area (Å²) < 4.78 is 7.48. The molecule has 0 bridgehead atoms. The molecular formula is C12H21N3O. The highest BCUT2D eigenvalue weighted by Crippen LogP contribution is 2.27. The smallest absolute Gasteiger partial charge is 0.0947 e. The van der Waals surface area contributed by atoms with E-state index in [1.165, 1.54) is 0 Å². The summed E-state index contributed by atoms with van der Waals surface area (Å²) in [4.78, 5) is 4.46. The molecule has 2 rings (SSSR count). The summed E-state index contributed by atoms with van der Waals surface area (Å²) in [6.45, 7) is 4.98. The predicted molar refractivity (Wildman–Crippen MR) is 63.2 cm³/mol. The first-order valence-corrected chi connectivity index (χ1v) is 6.10. The molecule has 2 heterocycles. The number of ether oxygens (including phenoxy) is 1. The van der Waals surface area contributed by atoms with Crippen molar-refractivity contribution in [2.75, 3.05) is 19.8 Å². The summed E-state index contributed by atoms with van der Waals surface area (Å²) in [5.74, 6) is 0.571. The van der Waals surface area contributed by atoms with Crippen LogP contribution in [0.15, 0.2) is 12.5 Å². The third kappa shape index (κ3) is 2.62. The Morgan fingerprint density at radius 1 is 1.69 bits per heavy atom. The van der Waals surface area contributed by atoms with Gasteiger partial charge in [-0.05, 0) is 19.4 Å². The Labute approximate surface area is 97.0 Å². The third-order valence-corrected chi connectivity index (χ3v) is 3.09. The lowest BCUT2D eigenvalue weighted by Crippen LogP contribution is -2.29. The summed E-state index contributed by atoms with van der Waals surface area (Å²) >= 11 is 0. The molecular weight excluding hydrogens is 202 g/mol. The van der Waals surface area contributed by atoms with E-state index in [9.17, 15) is 0 Å². The van der Waals surface area contributed by atoms with Crippen LogP contribution < -0.4 is 5.32 Å². The summed E-state index contributed by atoms with van der Waals surface area (Å²) in [5, 5.41) is 3.59. The lowest BCUT2D eigenvalue weighted by atomic mass is 9.96. The first-order chi connectivity index (χ1) is 7.81. The van der Waals surface area contributed by atoms with E-state index in [1.807, 2.05) is 17.9 Å². The Kier molecular flexibility index (Phi) is 3.96. The molecule has 90 valence electrons. The van der Waals surface area contributed by atoms with Gasteiger partial charge in [0.25, 0.3) is 0 Å². The van der Waals surface area contributed by atoms with Crippen molar-refractivity contribution < 1.29 is 4.74 Å². The summed E-state index contributed by atoms with van der Waals surface area (Å²) in [7, 11) is 2.01. The lowest BCUT2D eigenvalue weighted by molar-refractivity contribution is 0.176. The molecule has 1 saturated heterocycles. The molecule has 0 saturated carbocycles. The Hall–Kier alpha value is -0.870. The van der Waals surface area contributed by atoms with Crippen molar-refractivity contribution in [1.29, 1.82) is 0 Å². The van der Waals surface area contributed by atoms with Crippen LogP contribution in [0.3, 0.4) is 0 Å². The molecule has 1 aromatic heterocycles. The van der Waals surface area contributed by atoms with Crippen molar-refractivity contribution in [3.8, 4) is 0 Å². The highest BCUT2D eigenvalue weighted by molar-refractivity contribution is 5.06. The molecule has 0 aromatic carbocycles. The molecule has 1 N–H and O–H groups in total. The van der Waals surface area contributed by atoms with Gasteiger partial charge in [-0.25, -0.2) is 4.98 Å². The minimum atomic E-state index is 0.351. The van der Waals surface area contributed by atoms with Gasteiger partial charge in [-0.3, -0.25) is 0 Å². The van der Waals surface area contributed by atoms with Crippen LogP contribution in [0, 0.1) is 5.92 Å². The SMILES string of the molecule is CCCNC(c1cn(C)cn1)C1CCOC1. The summed E-state index contributed by atoms with van der Waals surface area (Å²) in [6, 6.07) is 0.351. The van der Waals surface area contributed by atoms with E-state index in [-0.39, 0.29) is 0 Å². The topological polar surface area (TPSA) is 39.1 Å². The van der Waals surface area contributed by atoms with Crippen LogP contribution in [0.1, 0.15) is 31.5 Å². The minimum absolute atomic E-state index is 0.351. The van der Waals surface area contributed by atoms with Crippen molar-refractivity contribution in [2.24, 2.45) is 13.0 Å². The molecule has 1 aliphatic rings. The zero-order valence-corrected chi connectivity index (χ0v) is 10.1. The van der Waals surface area contributed by atoms with E-state index >= 15 is 0 Å². The number of imidazole rings is 1. The quantitative estimate of drug-likeness (QED) is 0.822. The number of nitrogens with one attached hydrogen (secondary N) is 1. The van der Waals surface area contributed by atoms with E-state index in [0.717, 1.165) is 38.3 Å². The van der Waals surface area contributed by atoms with Gasteiger partial charge in [0.15, 0.2) is 0 Å². The highest BCUT2D eigenvalue weighted by Gasteiger charge is 2.27. The van der Waals surface area contributed by atoms with Crippen molar-refractivity contribution >= 4 is 0 Å². The van der Waals surface area contributed by atoms with Crippen LogP contribution in [0.25, 0.3) is 0 Å². The molecule has 0 aliphatic carbocycles. The van der Waals surface area contributed by atoms with Gasteiger partial charge in [-0.2, -0.15) is 0 Å². The summed E-state index contributed by atoms with van der Waals surface area (Å²) in [6.07, 6.45) is 6.26. The molecule has 0 spiro atoms. The highest BCUT2D eigenvalue weighted by atomic mass is 16.5. The molecule has 0 radical (unpaired) electrons. The fraction of sp³-hybridized carbons (Fsp3) is 0.750. The second kappa shape index (κ2) is 5.46. The number of hydrogen-bond acceptors (Lipinski definition) is 3. The van der Waals surface area contributed by atoms with Gasteiger partial charge < -0.3 is 14.6 Å². The van der Waals surface area contributed by atoms with Gasteiger partial charge in [0.1, 0.15) is 0 Å². The lowest BCUT2D eigenvalue weighted by Gasteiger charge is -2.21. The normalized spacial score (nSPS) is 22.5.